The van der Waals surface area contributed by atoms with Crippen molar-refractivity contribution in [2.75, 3.05) is 13.3 Å². The molecule has 0 radical (unpaired) electrons. The van der Waals surface area contributed by atoms with Crippen LogP contribution in [0.2, 0.25) is 0 Å². The van der Waals surface area contributed by atoms with Gasteiger partial charge in [0.25, 0.3) is 0 Å². The number of ether oxygens (including phenoxy) is 1. The average Bonchev–Trinajstić information content (AvgIpc) is 2.24. The second-order valence-corrected chi connectivity index (χ2v) is 6.66. The molecule has 1 unspecified atom stereocenters. The Labute approximate surface area is 95.9 Å². The topological polar surface area (TPSA) is 46.5 Å². The second kappa shape index (κ2) is 4.60. The van der Waals surface area contributed by atoms with Gasteiger partial charge in [-0.3, -0.25) is 4.57 Å². The van der Waals surface area contributed by atoms with Crippen molar-refractivity contribution in [3.8, 4) is 5.75 Å². The molecule has 0 heterocycles. The number of hydrogen-bond donors (Lipinski definition) is 1. The summed E-state index contributed by atoms with van der Waals surface area (Å²) < 4.78 is 17.2. The van der Waals surface area contributed by atoms with E-state index in [4.69, 9.17) is 4.74 Å². The summed E-state index contributed by atoms with van der Waals surface area (Å²) >= 11 is 0. The van der Waals surface area contributed by atoms with Gasteiger partial charge < -0.3 is 9.63 Å². The summed E-state index contributed by atoms with van der Waals surface area (Å²) in [5.41, 5.74) is 0. The molecule has 3 nitrogen and oxygen atoms in total. The Morgan fingerprint density at radius 2 is 2.00 bits per heavy atom. The maximum atomic E-state index is 12.1. The fourth-order valence-corrected chi connectivity index (χ4v) is 3.84. The van der Waals surface area contributed by atoms with E-state index in [0.29, 0.717) is 23.1 Å². The Hall–Kier alpha value is -0.790. The molecule has 1 fully saturated rings. The van der Waals surface area contributed by atoms with Gasteiger partial charge >= 0.3 is 0 Å². The van der Waals surface area contributed by atoms with Crippen LogP contribution in [-0.2, 0) is 4.57 Å². The van der Waals surface area contributed by atoms with Crippen LogP contribution in [0.5, 0.6) is 5.75 Å². The molecule has 2 rings (SSSR count). The van der Waals surface area contributed by atoms with Crippen molar-refractivity contribution in [2.45, 2.75) is 19.3 Å². The predicted molar refractivity (Wildman–Crippen MR) is 64.7 cm³/mol. The lowest BCUT2D eigenvalue weighted by atomic mass is 9.87. The standard InChI is InChI=1S/C12H17O3P/c1-15-11-5-7-12(8-6-11)16(13,14)9-10-3-2-4-10/h5-8,10H,2-4,9H2,1H3,(H,13,14). The number of rotatable bonds is 4. The van der Waals surface area contributed by atoms with E-state index >= 15 is 0 Å². The highest BCUT2D eigenvalue weighted by Gasteiger charge is 2.29. The molecule has 1 aliphatic carbocycles. The summed E-state index contributed by atoms with van der Waals surface area (Å²) in [6, 6.07) is 6.86. The van der Waals surface area contributed by atoms with Crippen LogP contribution in [0.15, 0.2) is 24.3 Å². The number of hydrogen-bond acceptors (Lipinski definition) is 2. The van der Waals surface area contributed by atoms with E-state index in [9.17, 15) is 9.46 Å². The third kappa shape index (κ3) is 2.47. The van der Waals surface area contributed by atoms with Gasteiger partial charge in [0.05, 0.1) is 7.11 Å². The van der Waals surface area contributed by atoms with E-state index < -0.39 is 7.37 Å². The zero-order chi connectivity index (χ0) is 11.6. The van der Waals surface area contributed by atoms with Crippen molar-refractivity contribution >= 4 is 12.7 Å². The van der Waals surface area contributed by atoms with Crippen molar-refractivity contribution in [1.29, 1.82) is 0 Å². The van der Waals surface area contributed by atoms with Gasteiger partial charge in [-0.25, -0.2) is 0 Å². The SMILES string of the molecule is COc1ccc(P(=O)(O)CC2CCC2)cc1. The second-order valence-electron chi connectivity index (χ2n) is 4.38. The van der Waals surface area contributed by atoms with Gasteiger partial charge in [0, 0.05) is 11.5 Å². The predicted octanol–water partition coefficient (Wildman–Crippen LogP) is 2.39. The maximum Gasteiger partial charge on any atom is 0.229 e. The molecule has 0 spiro atoms. The van der Waals surface area contributed by atoms with Crippen LogP contribution in [-0.4, -0.2) is 18.2 Å². The minimum atomic E-state index is -3.15. The Morgan fingerprint density at radius 1 is 1.38 bits per heavy atom. The highest BCUT2D eigenvalue weighted by molar-refractivity contribution is 7.66. The van der Waals surface area contributed by atoms with Gasteiger partial charge in [0.15, 0.2) is 0 Å². The molecule has 0 saturated heterocycles. The third-order valence-electron chi connectivity index (χ3n) is 3.21. The van der Waals surface area contributed by atoms with Crippen molar-refractivity contribution in [1.82, 2.24) is 0 Å². The fraction of sp³-hybridized carbons (Fsp3) is 0.500. The highest BCUT2D eigenvalue weighted by Crippen LogP contribution is 2.46. The largest absolute Gasteiger partial charge is 0.497 e. The maximum absolute atomic E-state index is 12.1. The number of benzene rings is 1. The summed E-state index contributed by atoms with van der Waals surface area (Å²) in [6.07, 6.45) is 3.83. The van der Waals surface area contributed by atoms with Crippen LogP contribution in [0.1, 0.15) is 19.3 Å². The molecule has 1 atom stereocenters. The van der Waals surface area contributed by atoms with E-state index in [-0.39, 0.29) is 0 Å². The van der Waals surface area contributed by atoms with Crippen molar-refractivity contribution in [3.05, 3.63) is 24.3 Å². The van der Waals surface area contributed by atoms with Crippen LogP contribution in [0.25, 0.3) is 0 Å². The Bertz CT molecular complexity index is 395. The van der Waals surface area contributed by atoms with Gasteiger partial charge in [-0.15, -0.1) is 0 Å². The van der Waals surface area contributed by atoms with Crippen LogP contribution >= 0.6 is 7.37 Å². The molecule has 0 amide bonds. The Morgan fingerprint density at radius 3 is 2.44 bits per heavy atom. The molecule has 16 heavy (non-hydrogen) atoms. The first-order valence-electron chi connectivity index (χ1n) is 5.58. The van der Waals surface area contributed by atoms with Gasteiger partial charge in [-0.05, 0) is 43.0 Å². The summed E-state index contributed by atoms with van der Waals surface area (Å²) in [6.45, 7) is 0. The third-order valence-corrected chi connectivity index (χ3v) is 5.32. The summed E-state index contributed by atoms with van der Waals surface area (Å²) in [5, 5.41) is 0.542. The van der Waals surface area contributed by atoms with E-state index in [0.717, 1.165) is 12.8 Å². The average molecular weight is 240 g/mol. The molecule has 1 aromatic rings. The summed E-state index contributed by atoms with van der Waals surface area (Å²) in [7, 11) is -1.57. The van der Waals surface area contributed by atoms with Crippen molar-refractivity contribution in [3.63, 3.8) is 0 Å². The van der Waals surface area contributed by atoms with Gasteiger partial charge in [0.1, 0.15) is 5.75 Å². The highest BCUT2D eigenvalue weighted by atomic mass is 31.2. The van der Waals surface area contributed by atoms with Gasteiger partial charge in [-0.1, -0.05) is 6.42 Å². The lowest BCUT2D eigenvalue weighted by Crippen LogP contribution is -2.19. The summed E-state index contributed by atoms with van der Waals surface area (Å²) in [4.78, 5) is 10.00. The van der Waals surface area contributed by atoms with Crippen molar-refractivity contribution < 1.29 is 14.2 Å². The first-order chi connectivity index (χ1) is 7.62. The fourth-order valence-electron chi connectivity index (χ4n) is 1.95. The van der Waals surface area contributed by atoms with Gasteiger partial charge in [0.2, 0.25) is 7.37 Å². The van der Waals surface area contributed by atoms with Crippen LogP contribution in [0.3, 0.4) is 0 Å². The zero-order valence-corrected chi connectivity index (χ0v) is 10.3. The molecular weight excluding hydrogens is 223 g/mol. The minimum absolute atomic E-state index is 0.430. The molecular formula is C12H17O3P. The Balaban J connectivity index is 2.10. The minimum Gasteiger partial charge on any atom is -0.497 e. The monoisotopic (exact) mass is 240 g/mol. The normalized spacial score (nSPS) is 19.9. The van der Waals surface area contributed by atoms with Crippen LogP contribution < -0.4 is 10.0 Å². The first-order valence-corrected chi connectivity index (χ1v) is 7.43. The molecule has 1 saturated carbocycles. The van der Waals surface area contributed by atoms with Crippen molar-refractivity contribution in [2.24, 2.45) is 5.92 Å². The molecule has 0 aromatic heterocycles. The lowest BCUT2D eigenvalue weighted by molar-refractivity contribution is 0.338. The molecule has 1 aliphatic rings. The quantitative estimate of drug-likeness (QED) is 0.822. The molecule has 88 valence electrons. The number of methoxy groups -OCH3 is 1. The smallest absolute Gasteiger partial charge is 0.229 e. The van der Waals surface area contributed by atoms with E-state index in [1.807, 2.05) is 0 Å². The molecule has 1 N–H and O–H groups in total. The summed E-state index contributed by atoms with van der Waals surface area (Å²) in [5.74, 6) is 1.16. The Kier molecular flexibility index (Phi) is 3.36. The van der Waals surface area contributed by atoms with Gasteiger partial charge in [-0.2, -0.15) is 0 Å². The molecule has 0 bridgehead atoms. The zero-order valence-electron chi connectivity index (χ0n) is 9.43. The van der Waals surface area contributed by atoms with Crippen LogP contribution in [0.4, 0.5) is 0 Å². The molecule has 4 heteroatoms. The molecule has 1 aromatic carbocycles. The molecule has 0 aliphatic heterocycles. The van der Waals surface area contributed by atoms with Crippen LogP contribution in [0, 0.1) is 5.92 Å². The van der Waals surface area contributed by atoms with E-state index in [1.54, 1.807) is 31.4 Å². The van der Waals surface area contributed by atoms with E-state index in [2.05, 4.69) is 0 Å². The first kappa shape index (κ1) is 11.7. The lowest BCUT2D eigenvalue weighted by Gasteiger charge is -2.27. The van der Waals surface area contributed by atoms with E-state index in [1.165, 1.54) is 6.42 Å².